The van der Waals surface area contributed by atoms with E-state index in [1.54, 1.807) is 0 Å². The molecule has 0 radical (unpaired) electrons. The van der Waals surface area contributed by atoms with Crippen molar-refractivity contribution in [3.63, 3.8) is 0 Å². The van der Waals surface area contributed by atoms with Crippen molar-refractivity contribution < 1.29 is 0 Å². The van der Waals surface area contributed by atoms with E-state index < -0.39 is 0 Å². The summed E-state index contributed by atoms with van der Waals surface area (Å²) in [5.41, 5.74) is 1.15. The highest BCUT2D eigenvalue weighted by Crippen LogP contribution is 2.10. The van der Waals surface area contributed by atoms with Gasteiger partial charge in [0.2, 0.25) is 0 Å². The molecule has 0 saturated heterocycles. The molecule has 0 rings (SSSR count). The van der Waals surface area contributed by atoms with E-state index in [9.17, 15) is 0 Å². The van der Waals surface area contributed by atoms with Gasteiger partial charge in [0.25, 0.3) is 0 Å². The summed E-state index contributed by atoms with van der Waals surface area (Å²) in [5, 5.41) is 0. The van der Waals surface area contributed by atoms with Crippen LogP contribution >= 0.6 is 0 Å². The average Bonchev–Trinajstić information content (AvgIpc) is 1.87. The smallest absolute Gasteiger partial charge is 0.0322 e. The first kappa shape index (κ1) is 10.5. The lowest BCUT2D eigenvalue weighted by Crippen LogP contribution is -1.90. The molecular weight excluding hydrogens is 132 g/mol. The highest BCUT2D eigenvalue weighted by atomic mass is 14.0. The molecule has 0 heterocycles. The predicted molar refractivity (Wildman–Crippen MR) is 52.6 cm³/mol. The van der Waals surface area contributed by atoms with E-state index in [-0.39, 0.29) is 0 Å². The van der Waals surface area contributed by atoms with Gasteiger partial charge in [0, 0.05) is 0 Å². The molecule has 0 aromatic rings. The zero-order valence-electron chi connectivity index (χ0n) is 8.06. The lowest BCUT2D eigenvalue weighted by molar-refractivity contribution is 0.532. The van der Waals surface area contributed by atoms with Gasteiger partial charge in [0.1, 0.15) is 0 Å². The van der Waals surface area contributed by atoms with Crippen LogP contribution in [-0.4, -0.2) is 0 Å². The van der Waals surface area contributed by atoms with Crippen molar-refractivity contribution in [2.45, 2.75) is 40.0 Å². The maximum Gasteiger partial charge on any atom is -0.0322 e. The SMILES string of the molecule is C=C(C)C=CCC(C)CCC. The van der Waals surface area contributed by atoms with Crippen LogP contribution in [0.3, 0.4) is 0 Å². The topological polar surface area (TPSA) is 0 Å². The van der Waals surface area contributed by atoms with Gasteiger partial charge in [0.05, 0.1) is 0 Å². The maximum atomic E-state index is 3.81. The first-order valence-corrected chi connectivity index (χ1v) is 4.48. The summed E-state index contributed by atoms with van der Waals surface area (Å²) >= 11 is 0. The van der Waals surface area contributed by atoms with Crippen LogP contribution in [0.2, 0.25) is 0 Å². The zero-order valence-corrected chi connectivity index (χ0v) is 8.06. The van der Waals surface area contributed by atoms with Gasteiger partial charge in [-0.25, -0.2) is 0 Å². The van der Waals surface area contributed by atoms with Crippen LogP contribution in [-0.2, 0) is 0 Å². The Hall–Kier alpha value is -0.520. The Bertz CT molecular complexity index is 131. The lowest BCUT2D eigenvalue weighted by atomic mass is 10.0. The molecule has 0 amide bonds. The normalized spacial score (nSPS) is 13.7. The van der Waals surface area contributed by atoms with Crippen LogP contribution in [0.25, 0.3) is 0 Å². The van der Waals surface area contributed by atoms with Gasteiger partial charge in [-0.1, -0.05) is 51.0 Å². The van der Waals surface area contributed by atoms with Gasteiger partial charge < -0.3 is 0 Å². The Morgan fingerprint density at radius 3 is 2.64 bits per heavy atom. The van der Waals surface area contributed by atoms with E-state index in [4.69, 9.17) is 0 Å². The molecule has 0 aliphatic carbocycles. The number of rotatable bonds is 5. The summed E-state index contributed by atoms with van der Waals surface area (Å²) in [6.07, 6.45) is 8.15. The van der Waals surface area contributed by atoms with Crippen molar-refractivity contribution in [1.29, 1.82) is 0 Å². The van der Waals surface area contributed by atoms with Crippen LogP contribution in [0.1, 0.15) is 40.0 Å². The van der Waals surface area contributed by atoms with Crippen molar-refractivity contribution in [1.82, 2.24) is 0 Å². The van der Waals surface area contributed by atoms with E-state index >= 15 is 0 Å². The fourth-order valence-corrected chi connectivity index (χ4v) is 1.11. The third-order valence-corrected chi connectivity index (χ3v) is 1.72. The lowest BCUT2D eigenvalue weighted by Gasteiger charge is -2.04. The average molecular weight is 152 g/mol. The quantitative estimate of drug-likeness (QED) is 0.523. The third kappa shape index (κ3) is 7.38. The second-order valence-electron chi connectivity index (χ2n) is 3.38. The Balaban J connectivity index is 3.44. The summed E-state index contributed by atoms with van der Waals surface area (Å²) in [7, 11) is 0. The Kier molecular flexibility index (Phi) is 5.91. The summed E-state index contributed by atoms with van der Waals surface area (Å²) in [6, 6.07) is 0. The second kappa shape index (κ2) is 6.21. The van der Waals surface area contributed by atoms with Gasteiger partial charge in [0.15, 0.2) is 0 Å². The Morgan fingerprint density at radius 1 is 1.55 bits per heavy atom. The molecular formula is C11H20. The molecule has 0 saturated carbocycles. The molecule has 11 heavy (non-hydrogen) atoms. The van der Waals surface area contributed by atoms with E-state index in [0.717, 1.165) is 11.5 Å². The monoisotopic (exact) mass is 152 g/mol. The standard InChI is InChI=1S/C11H20/c1-5-7-11(4)9-6-8-10(2)3/h6,8,11H,2,5,7,9H2,1,3-4H3. The number of hydrogen-bond acceptors (Lipinski definition) is 0. The largest absolute Gasteiger partial charge is 0.0961 e. The maximum absolute atomic E-state index is 3.81. The van der Waals surface area contributed by atoms with E-state index in [2.05, 4.69) is 32.6 Å². The van der Waals surface area contributed by atoms with Crippen molar-refractivity contribution in [3.8, 4) is 0 Å². The second-order valence-corrected chi connectivity index (χ2v) is 3.38. The minimum atomic E-state index is 0.829. The first-order valence-electron chi connectivity index (χ1n) is 4.48. The summed E-state index contributed by atoms with van der Waals surface area (Å²) in [5.74, 6) is 0.829. The molecule has 1 unspecified atom stereocenters. The molecule has 1 atom stereocenters. The van der Waals surface area contributed by atoms with Gasteiger partial charge in [-0.2, -0.15) is 0 Å². The summed E-state index contributed by atoms with van der Waals surface area (Å²) in [6.45, 7) is 10.4. The van der Waals surface area contributed by atoms with Crippen LogP contribution in [0.15, 0.2) is 24.3 Å². The Morgan fingerprint density at radius 2 is 2.18 bits per heavy atom. The van der Waals surface area contributed by atoms with Gasteiger partial charge in [-0.3, -0.25) is 0 Å². The molecule has 0 N–H and O–H groups in total. The fraction of sp³-hybridized carbons (Fsp3) is 0.636. The molecule has 0 heteroatoms. The molecule has 0 aromatic heterocycles. The fourth-order valence-electron chi connectivity index (χ4n) is 1.11. The van der Waals surface area contributed by atoms with E-state index in [1.165, 1.54) is 19.3 Å². The minimum absolute atomic E-state index is 0.829. The minimum Gasteiger partial charge on any atom is -0.0961 e. The van der Waals surface area contributed by atoms with E-state index in [0.29, 0.717) is 0 Å². The molecule has 0 nitrogen and oxygen atoms in total. The van der Waals surface area contributed by atoms with Crippen molar-refractivity contribution >= 4 is 0 Å². The van der Waals surface area contributed by atoms with Gasteiger partial charge in [-0.05, 0) is 19.3 Å². The predicted octanol–water partition coefficient (Wildman–Crippen LogP) is 3.95. The van der Waals surface area contributed by atoms with Gasteiger partial charge >= 0.3 is 0 Å². The molecule has 0 fully saturated rings. The zero-order chi connectivity index (χ0) is 8.69. The first-order chi connectivity index (χ1) is 5.16. The van der Waals surface area contributed by atoms with E-state index in [1.807, 2.05) is 6.92 Å². The third-order valence-electron chi connectivity index (χ3n) is 1.72. The molecule has 0 aliphatic rings. The molecule has 0 aliphatic heterocycles. The highest BCUT2D eigenvalue weighted by Gasteiger charge is 1.95. The summed E-state index contributed by atoms with van der Waals surface area (Å²) in [4.78, 5) is 0. The van der Waals surface area contributed by atoms with Crippen LogP contribution < -0.4 is 0 Å². The highest BCUT2D eigenvalue weighted by molar-refractivity contribution is 5.10. The van der Waals surface area contributed by atoms with Crippen LogP contribution in [0, 0.1) is 5.92 Å². The van der Waals surface area contributed by atoms with Crippen LogP contribution in [0.4, 0.5) is 0 Å². The van der Waals surface area contributed by atoms with Gasteiger partial charge in [-0.15, -0.1) is 0 Å². The molecule has 0 aromatic carbocycles. The van der Waals surface area contributed by atoms with Crippen molar-refractivity contribution in [2.24, 2.45) is 5.92 Å². The molecule has 64 valence electrons. The molecule has 0 bridgehead atoms. The van der Waals surface area contributed by atoms with Crippen molar-refractivity contribution in [3.05, 3.63) is 24.3 Å². The Labute approximate surface area is 71.0 Å². The summed E-state index contributed by atoms with van der Waals surface area (Å²) < 4.78 is 0. The van der Waals surface area contributed by atoms with Crippen molar-refractivity contribution in [2.75, 3.05) is 0 Å². The molecule has 0 spiro atoms. The van der Waals surface area contributed by atoms with Crippen LogP contribution in [0.5, 0.6) is 0 Å². The number of allylic oxidation sites excluding steroid dienone is 3. The number of hydrogen-bond donors (Lipinski definition) is 0.